The van der Waals surface area contributed by atoms with Gasteiger partial charge in [-0.2, -0.15) is 0 Å². The van der Waals surface area contributed by atoms with E-state index in [0.717, 1.165) is 30.8 Å². The van der Waals surface area contributed by atoms with Crippen LogP contribution in [0.3, 0.4) is 0 Å². The van der Waals surface area contributed by atoms with E-state index in [9.17, 15) is 5.11 Å². The Balaban J connectivity index is 1.43. The van der Waals surface area contributed by atoms with Crippen molar-refractivity contribution in [3.63, 3.8) is 0 Å². The van der Waals surface area contributed by atoms with Gasteiger partial charge in [0.05, 0.1) is 16.8 Å². The lowest BCUT2D eigenvalue weighted by Gasteiger charge is -2.41. The molecule has 3 rings (SSSR count). The third kappa shape index (κ3) is 4.03. The summed E-state index contributed by atoms with van der Waals surface area (Å²) in [5.74, 6) is 0.860. The van der Waals surface area contributed by atoms with Crippen molar-refractivity contribution in [2.45, 2.75) is 44.6 Å². The van der Waals surface area contributed by atoms with E-state index >= 15 is 0 Å². The van der Waals surface area contributed by atoms with Crippen molar-refractivity contribution in [3.05, 3.63) is 46.4 Å². The third-order valence-corrected chi connectivity index (χ3v) is 4.40. The molecule has 21 heavy (non-hydrogen) atoms. The molecule has 1 aliphatic rings. The van der Waals surface area contributed by atoms with E-state index in [4.69, 9.17) is 4.74 Å². The maximum atomic E-state index is 9.69. The number of rotatable bonds is 6. The highest BCUT2D eigenvalue weighted by Gasteiger charge is 2.37. The van der Waals surface area contributed by atoms with Crippen molar-refractivity contribution in [1.82, 2.24) is 10.3 Å². The maximum absolute atomic E-state index is 9.69. The largest absolute Gasteiger partial charge is 0.487 e. The Morgan fingerprint density at radius 3 is 2.76 bits per heavy atom. The molecule has 0 atom stereocenters. The second kappa shape index (κ2) is 6.13. The van der Waals surface area contributed by atoms with Crippen LogP contribution in [0.25, 0.3) is 0 Å². The highest BCUT2D eigenvalue weighted by atomic mass is 32.1. The predicted molar refractivity (Wildman–Crippen MR) is 83.4 cm³/mol. The number of thiazole rings is 1. The zero-order chi connectivity index (χ0) is 14.7. The number of ether oxygens (including phenoxy) is 1. The standard InChI is InChI=1S/C16H20N2O2S/c1-16(19)6-13(7-16)17-8-12-2-4-15(5-3-12)20-9-14-10-21-11-18-14/h2-5,10-11,13,17,19H,6-9H2,1H3. The molecule has 1 saturated carbocycles. The topological polar surface area (TPSA) is 54.4 Å². The quantitative estimate of drug-likeness (QED) is 0.861. The summed E-state index contributed by atoms with van der Waals surface area (Å²) in [5.41, 5.74) is 3.53. The van der Waals surface area contributed by atoms with E-state index in [0.29, 0.717) is 12.6 Å². The van der Waals surface area contributed by atoms with Gasteiger partial charge >= 0.3 is 0 Å². The monoisotopic (exact) mass is 304 g/mol. The molecule has 0 radical (unpaired) electrons. The van der Waals surface area contributed by atoms with Crippen LogP contribution in [-0.2, 0) is 13.2 Å². The van der Waals surface area contributed by atoms with Gasteiger partial charge in [-0.25, -0.2) is 4.98 Å². The molecule has 112 valence electrons. The van der Waals surface area contributed by atoms with Gasteiger partial charge in [-0.05, 0) is 37.5 Å². The number of benzene rings is 1. The molecule has 1 aliphatic carbocycles. The lowest BCUT2D eigenvalue weighted by atomic mass is 9.77. The lowest BCUT2D eigenvalue weighted by molar-refractivity contribution is -0.0393. The minimum absolute atomic E-state index is 0.431. The van der Waals surface area contributed by atoms with E-state index in [1.165, 1.54) is 5.56 Å². The number of nitrogens with one attached hydrogen (secondary N) is 1. The van der Waals surface area contributed by atoms with Gasteiger partial charge in [-0.1, -0.05) is 12.1 Å². The van der Waals surface area contributed by atoms with Gasteiger partial charge in [0.2, 0.25) is 0 Å². The Kier molecular flexibility index (Phi) is 4.24. The molecular formula is C16H20N2O2S. The smallest absolute Gasteiger partial charge is 0.131 e. The van der Waals surface area contributed by atoms with Gasteiger partial charge < -0.3 is 15.2 Å². The van der Waals surface area contributed by atoms with Crippen LogP contribution in [-0.4, -0.2) is 21.7 Å². The molecule has 2 aromatic rings. The van der Waals surface area contributed by atoms with E-state index in [1.54, 1.807) is 11.3 Å². The summed E-state index contributed by atoms with van der Waals surface area (Å²) in [6.07, 6.45) is 1.67. The molecule has 0 unspecified atom stereocenters. The molecule has 0 aliphatic heterocycles. The Hall–Kier alpha value is -1.43. The van der Waals surface area contributed by atoms with Crippen LogP contribution in [0.15, 0.2) is 35.2 Å². The molecule has 1 heterocycles. The van der Waals surface area contributed by atoms with Gasteiger partial charge in [0.1, 0.15) is 12.4 Å². The molecule has 0 spiro atoms. The van der Waals surface area contributed by atoms with Crippen LogP contribution in [0.4, 0.5) is 0 Å². The van der Waals surface area contributed by atoms with Gasteiger partial charge in [0.25, 0.3) is 0 Å². The summed E-state index contributed by atoms with van der Waals surface area (Å²) >= 11 is 1.58. The first-order valence-corrected chi connectivity index (χ1v) is 8.10. The fraction of sp³-hybridized carbons (Fsp3) is 0.438. The molecule has 1 aromatic heterocycles. The summed E-state index contributed by atoms with van der Waals surface area (Å²) in [6, 6.07) is 8.54. The predicted octanol–water partition coefficient (Wildman–Crippen LogP) is 2.73. The van der Waals surface area contributed by atoms with Crippen LogP contribution in [0.2, 0.25) is 0 Å². The summed E-state index contributed by atoms with van der Waals surface area (Å²) in [4.78, 5) is 4.19. The molecule has 0 saturated heterocycles. The summed E-state index contributed by atoms with van der Waals surface area (Å²) in [5, 5.41) is 15.1. The molecule has 2 N–H and O–H groups in total. The lowest BCUT2D eigenvalue weighted by Crippen LogP contribution is -2.51. The zero-order valence-corrected chi connectivity index (χ0v) is 12.9. The van der Waals surface area contributed by atoms with Crippen molar-refractivity contribution in [1.29, 1.82) is 0 Å². The molecule has 5 heteroatoms. The molecule has 0 bridgehead atoms. The van der Waals surface area contributed by atoms with Gasteiger partial charge in [-0.3, -0.25) is 0 Å². The molecule has 0 amide bonds. The minimum Gasteiger partial charge on any atom is -0.487 e. The normalized spacial score (nSPS) is 24.6. The molecule has 1 aromatic carbocycles. The third-order valence-electron chi connectivity index (χ3n) is 3.76. The van der Waals surface area contributed by atoms with E-state index in [2.05, 4.69) is 22.4 Å². The van der Waals surface area contributed by atoms with Crippen LogP contribution in [0.5, 0.6) is 5.75 Å². The van der Waals surface area contributed by atoms with E-state index < -0.39 is 5.60 Å². The van der Waals surface area contributed by atoms with Crippen LogP contribution in [0.1, 0.15) is 31.0 Å². The Labute approximate surface area is 128 Å². The first-order valence-electron chi connectivity index (χ1n) is 7.15. The van der Waals surface area contributed by atoms with E-state index in [1.807, 2.05) is 29.9 Å². The van der Waals surface area contributed by atoms with E-state index in [-0.39, 0.29) is 0 Å². The molecule has 4 nitrogen and oxygen atoms in total. The maximum Gasteiger partial charge on any atom is 0.131 e. The first-order chi connectivity index (χ1) is 10.1. The molecule has 1 fully saturated rings. The number of aliphatic hydroxyl groups is 1. The fourth-order valence-electron chi connectivity index (χ4n) is 2.58. The van der Waals surface area contributed by atoms with Crippen molar-refractivity contribution in [2.75, 3.05) is 0 Å². The second-order valence-electron chi connectivity index (χ2n) is 5.90. The van der Waals surface area contributed by atoms with Gasteiger partial charge in [-0.15, -0.1) is 11.3 Å². The Morgan fingerprint density at radius 2 is 2.14 bits per heavy atom. The first kappa shape index (κ1) is 14.5. The number of aromatic nitrogens is 1. The minimum atomic E-state index is -0.467. The highest BCUT2D eigenvalue weighted by Crippen LogP contribution is 2.31. The summed E-state index contributed by atoms with van der Waals surface area (Å²) in [6.45, 7) is 3.23. The summed E-state index contributed by atoms with van der Waals surface area (Å²) < 4.78 is 5.68. The average Bonchev–Trinajstić information content (AvgIpc) is 2.95. The van der Waals surface area contributed by atoms with Gasteiger partial charge in [0, 0.05) is 18.0 Å². The van der Waals surface area contributed by atoms with Crippen LogP contribution in [0, 0.1) is 0 Å². The second-order valence-corrected chi connectivity index (χ2v) is 6.61. The fourth-order valence-corrected chi connectivity index (χ4v) is 3.12. The van der Waals surface area contributed by atoms with Crippen molar-refractivity contribution in [2.24, 2.45) is 0 Å². The number of hydrogen-bond donors (Lipinski definition) is 2. The van der Waals surface area contributed by atoms with Gasteiger partial charge in [0.15, 0.2) is 0 Å². The van der Waals surface area contributed by atoms with Crippen molar-refractivity contribution >= 4 is 11.3 Å². The average molecular weight is 304 g/mol. The van der Waals surface area contributed by atoms with Crippen LogP contribution >= 0.6 is 11.3 Å². The number of hydrogen-bond acceptors (Lipinski definition) is 5. The number of nitrogens with zero attached hydrogens (tertiary/aromatic N) is 1. The molecular weight excluding hydrogens is 284 g/mol. The van der Waals surface area contributed by atoms with Crippen molar-refractivity contribution < 1.29 is 9.84 Å². The zero-order valence-electron chi connectivity index (χ0n) is 12.1. The highest BCUT2D eigenvalue weighted by molar-refractivity contribution is 7.07. The SMILES string of the molecule is CC1(O)CC(NCc2ccc(OCc3cscn3)cc2)C1. The van der Waals surface area contributed by atoms with Crippen LogP contribution < -0.4 is 10.1 Å². The summed E-state index contributed by atoms with van der Waals surface area (Å²) in [7, 11) is 0. The Morgan fingerprint density at radius 1 is 1.38 bits per heavy atom. The van der Waals surface area contributed by atoms with Crippen molar-refractivity contribution in [3.8, 4) is 5.75 Å². The Bertz CT molecular complexity index is 558.